The zero-order valence-electron chi connectivity index (χ0n) is 9.81. The molecule has 98 valence electrons. The van der Waals surface area contributed by atoms with E-state index in [0.717, 1.165) is 0 Å². The largest absolute Gasteiger partial charge is 0.381 e. The number of hydrogen-bond acceptors (Lipinski definition) is 4. The Morgan fingerprint density at radius 2 is 2.28 bits per heavy atom. The molecule has 0 bridgehead atoms. The third kappa shape index (κ3) is 4.42. The monoisotopic (exact) mass is 316 g/mol. The maximum Gasteiger partial charge on any atom is 0.283 e. The molecule has 0 radical (unpaired) electrons. The molecule has 1 rings (SSSR count). The number of halogens is 1. The number of nitro groups is 1. The Hall–Kier alpha value is -1.47. The van der Waals surface area contributed by atoms with Crippen LogP contribution in [0.25, 0.3) is 0 Å². The van der Waals surface area contributed by atoms with Gasteiger partial charge in [0.25, 0.3) is 5.69 Å². The molecule has 0 aliphatic rings. The first kappa shape index (κ1) is 14.6. The van der Waals surface area contributed by atoms with Gasteiger partial charge < -0.3 is 10.1 Å². The lowest BCUT2D eigenvalue weighted by molar-refractivity contribution is -0.385. The number of anilines is 1. The Kier molecular flexibility index (Phi) is 5.73. The molecule has 6 nitrogen and oxygen atoms in total. The maximum absolute atomic E-state index is 11.5. The predicted molar refractivity (Wildman–Crippen MR) is 70.5 cm³/mol. The van der Waals surface area contributed by atoms with Crippen molar-refractivity contribution in [1.29, 1.82) is 0 Å². The van der Waals surface area contributed by atoms with Gasteiger partial charge in [0, 0.05) is 18.4 Å². The van der Waals surface area contributed by atoms with Crippen LogP contribution in [-0.4, -0.2) is 24.0 Å². The van der Waals surface area contributed by atoms with E-state index in [1.54, 1.807) is 0 Å². The number of nitrogens with zero attached hydrogens (tertiary/aromatic N) is 1. The topological polar surface area (TPSA) is 81.5 Å². The third-order valence-corrected chi connectivity index (χ3v) is 2.74. The fraction of sp³-hybridized carbons (Fsp3) is 0.364. The first-order valence-electron chi connectivity index (χ1n) is 5.36. The van der Waals surface area contributed by atoms with Gasteiger partial charge in [-0.25, -0.2) is 0 Å². The van der Waals surface area contributed by atoms with Crippen LogP contribution in [0.3, 0.4) is 0 Å². The van der Waals surface area contributed by atoms with Crippen LogP contribution in [-0.2, 0) is 9.53 Å². The van der Waals surface area contributed by atoms with Crippen LogP contribution in [0, 0.1) is 10.1 Å². The van der Waals surface area contributed by atoms with Crippen LogP contribution in [0.2, 0.25) is 0 Å². The van der Waals surface area contributed by atoms with E-state index in [2.05, 4.69) is 21.2 Å². The Balaban J connectivity index is 2.60. The number of benzene rings is 1. The van der Waals surface area contributed by atoms with E-state index < -0.39 is 4.92 Å². The van der Waals surface area contributed by atoms with Crippen LogP contribution in [0.5, 0.6) is 0 Å². The summed E-state index contributed by atoms with van der Waals surface area (Å²) in [5.74, 6) is -0.191. The Morgan fingerprint density at radius 1 is 1.56 bits per heavy atom. The molecule has 1 N–H and O–H groups in total. The summed E-state index contributed by atoms with van der Waals surface area (Å²) in [4.78, 5) is 21.6. The second-order valence-electron chi connectivity index (χ2n) is 3.42. The molecule has 0 aliphatic heterocycles. The van der Waals surface area contributed by atoms with E-state index in [-0.39, 0.29) is 18.0 Å². The summed E-state index contributed by atoms with van der Waals surface area (Å²) in [6, 6.07) is 4.32. The number of amides is 1. The van der Waals surface area contributed by atoms with E-state index in [0.29, 0.717) is 23.4 Å². The maximum atomic E-state index is 11.5. The molecular weight excluding hydrogens is 304 g/mol. The van der Waals surface area contributed by atoms with Gasteiger partial charge >= 0.3 is 0 Å². The number of nitrogens with one attached hydrogen (secondary N) is 1. The van der Waals surface area contributed by atoms with Gasteiger partial charge in [0.2, 0.25) is 5.91 Å². The van der Waals surface area contributed by atoms with Gasteiger partial charge in [-0.2, -0.15) is 0 Å². The number of rotatable bonds is 6. The van der Waals surface area contributed by atoms with E-state index >= 15 is 0 Å². The number of ether oxygens (including phenoxy) is 1. The summed E-state index contributed by atoms with van der Waals surface area (Å²) in [5.41, 5.74) is 0.469. The minimum atomic E-state index is -0.495. The zero-order valence-corrected chi connectivity index (χ0v) is 11.4. The smallest absolute Gasteiger partial charge is 0.283 e. The lowest BCUT2D eigenvalue weighted by Gasteiger charge is -2.06. The average molecular weight is 317 g/mol. The fourth-order valence-corrected chi connectivity index (χ4v) is 1.79. The number of carbonyl (C=O) groups excluding carboxylic acids is 1. The Bertz CT molecular complexity index is 451. The zero-order chi connectivity index (χ0) is 13.5. The van der Waals surface area contributed by atoms with Gasteiger partial charge in [0.05, 0.1) is 22.4 Å². The first-order valence-corrected chi connectivity index (χ1v) is 6.15. The van der Waals surface area contributed by atoms with Gasteiger partial charge in [0.1, 0.15) is 0 Å². The van der Waals surface area contributed by atoms with Gasteiger partial charge in [-0.3, -0.25) is 14.9 Å². The number of nitro benzene ring substituents is 1. The molecule has 0 spiro atoms. The fourth-order valence-electron chi connectivity index (χ4n) is 1.27. The van der Waals surface area contributed by atoms with Crippen molar-refractivity contribution in [3.05, 3.63) is 32.8 Å². The SMILES string of the molecule is CCOCCC(=O)Nc1ccc([N+](=O)[O-])c(Br)c1. The minimum Gasteiger partial charge on any atom is -0.381 e. The van der Waals surface area contributed by atoms with Crippen LogP contribution in [0.15, 0.2) is 22.7 Å². The van der Waals surface area contributed by atoms with Crippen molar-refractivity contribution in [2.45, 2.75) is 13.3 Å². The molecule has 0 aliphatic carbocycles. The first-order chi connectivity index (χ1) is 8.54. The van der Waals surface area contributed by atoms with Crippen molar-refractivity contribution in [2.75, 3.05) is 18.5 Å². The number of hydrogen-bond donors (Lipinski definition) is 1. The highest BCUT2D eigenvalue weighted by molar-refractivity contribution is 9.10. The van der Waals surface area contributed by atoms with E-state index in [1.165, 1.54) is 18.2 Å². The second kappa shape index (κ2) is 7.07. The van der Waals surface area contributed by atoms with Gasteiger partial charge in [-0.1, -0.05) is 0 Å². The summed E-state index contributed by atoms with van der Waals surface area (Å²) in [6.07, 6.45) is 0.252. The van der Waals surface area contributed by atoms with E-state index in [1.807, 2.05) is 6.92 Å². The highest BCUT2D eigenvalue weighted by Crippen LogP contribution is 2.27. The molecule has 0 saturated heterocycles. The molecule has 1 aromatic carbocycles. The predicted octanol–water partition coefficient (Wildman–Crippen LogP) is 2.72. The van der Waals surface area contributed by atoms with Crippen LogP contribution in [0.1, 0.15) is 13.3 Å². The second-order valence-corrected chi connectivity index (χ2v) is 4.27. The summed E-state index contributed by atoms with van der Waals surface area (Å²) in [6.45, 7) is 2.78. The molecule has 0 atom stereocenters. The molecule has 0 saturated carbocycles. The average Bonchev–Trinajstić information content (AvgIpc) is 2.28. The molecule has 0 heterocycles. The molecule has 18 heavy (non-hydrogen) atoms. The standard InChI is InChI=1S/C11H13BrN2O4/c1-2-18-6-5-11(15)13-8-3-4-10(14(16)17)9(12)7-8/h3-4,7H,2,5-6H2,1H3,(H,13,15). The van der Waals surface area contributed by atoms with Crippen molar-refractivity contribution in [3.8, 4) is 0 Å². The highest BCUT2D eigenvalue weighted by Gasteiger charge is 2.12. The lowest BCUT2D eigenvalue weighted by atomic mass is 10.2. The molecule has 1 amide bonds. The van der Waals surface area contributed by atoms with Crippen molar-refractivity contribution < 1.29 is 14.5 Å². The van der Waals surface area contributed by atoms with Crippen LogP contribution in [0.4, 0.5) is 11.4 Å². The van der Waals surface area contributed by atoms with Gasteiger partial charge in [-0.15, -0.1) is 0 Å². The van der Waals surface area contributed by atoms with Crippen molar-refractivity contribution in [3.63, 3.8) is 0 Å². The van der Waals surface area contributed by atoms with Crippen molar-refractivity contribution >= 4 is 33.2 Å². The highest BCUT2D eigenvalue weighted by atomic mass is 79.9. The summed E-state index contributed by atoms with van der Waals surface area (Å²) in [5, 5.41) is 13.2. The van der Waals surface area contributed by atoms with Gasteiger partial charge in [-0.05, 0) is 35.0 Å². The normalized spacial score (nSPS) is 10.1. The summed E-state index contributed by atoms with van der Waals surface area (Å²) >= 11 is 3.08. The molecular formula is C11H13BrN2O4. The van der Waals surface area contributed by atoms with Crippen molar-refractivity contribution in [1.82, 2.24) is 0 Å². The van der Waals surface area contributed by atoms with E-state index in [9.17, 15) is 14.9 Å². The van der Waals surface area contributed by atoms with Gasteiger partial charge in [0.15, 0.2) is 0 Å². The Morgan fingerprint density at radius 3 is 2.83 bits per heavy atom. The minimum absolute atomic E-state index is 0.0395. The summed E-state index contributed by atoms with van der Waals surface area (Å²) < 4.78 is 5.39. The molecule has 1 aromatic rings. The number of carbonyl (C=O) groups is 1. The van der Waals surface area contributed by atoms with Crippen LogP contribution >= 0.6 is 15.9 Å². The quantitative estimate of drug-likeness (QED) is 0.497. The molecule has 0 fully saturated rings. The van der Waals surface area contributed by atoms with Crippen molar-refractivity contribution in [2.24, 2.45) is 0 Å². The third-order valence-electron chi connectivity index (χ3n) is 2.11. The molecule has 0 unspecified atom stereocenters. The van der Waals surface area contributed by atoms with Crippen LogP contribution < -0.4 is 5.32 Å². The summed E-state index contributed by atoms with van der Waals surface area (Å²) in [7, 11) is 0. The van der Waals surface area contributed by atoms with E-state index in [4.69, 9.17) is 4.74 Å². The molecule has 7 heteroatoms. The Labute approximate surface area is 113 Å². The molecule has 0 aromatic heterocycles. The lowest BCUT2D eigenvalue weighted by Crippen LogP contribution is -2.14.